The third-order valence-electron chi connectivity index (χ3n) is 3.09. The Labute approximate surface area is 86.2 Å². The van der Waals surface area contributed by atoms with E-state index in [1.54, 1.807) is 6.92 Å². The van der Waals surface area contributed by atoms with Crippen LogP contribution in [0.2, 0.25) is 0 Å². The van der Waals surface area contributed by atoms with E-state index >= 15 is 0 Å². The third-order valence-corrected chi connectivity index (χ3v) is 3.09. The lowest BCUT2D eigenvalue weighted by Crippen LogP contribution is -2.41. The fourth-order valence-electron chi connectivity index (χ4n) is 1.19. The van der Waals surface area contributed by atoms with Gasteiger partial charge >= 0.3 is 7.12 Å². The molecular weight excluding hydrogens is 179 g/mol. The molecule has 1 N–H and O–H groups in total. The molecule has 1 fully saturated rings. The minimum Gasteiger partial charge on any atom is -0.400 e. The molecule has 0 radical (unpaired) electrons. The first-order valence-corrected chi connectivity index (χ1v) is 4.90. The number of aliphatic hydroxyl groups is 1. The van der Waals surface area contributed by atoms with Crippen molar-refractivity contribution in [2.45, 2.75) is 51.9 Å². The second kappa shape index (κ2) is 3.37. The molecule has 0 bridgehead atoms. The topological polar surface area (TPSA) is 38.7 Å². The molecule has 80 valence electrons. The predicted octanol–water partition coefficient (Wildman–Crippen LogP) is 1.55. The van der Waals surface area contributed by atoms with Crippen molar-refractivity contribution in [3.8, 4) is 0 Å². The molecule has 1 atom stereocenters. The normalized spacial score (nSPS) is 26.3. The van der Waals surface area contributed by atoms with Gasteiger partial charge < -0.3 is 14.4 Å². The molecule has 0 unspecified atom stereocenters. The van der Waals surface area contributed by atoms with E-state index < -0.39 is 13.2 Å². The summed E-state index contributed by atoms with van der Waals surface area (Å²) in [5.41, 5.74) is -0.158. The van der Waals surface area contributed by atoms with Gasteiger partial charge in [0, 0.05) is 0 Å². The van der Waals surface area contributed by atoms with Gasteiger partial charge in [0.25, 0.3) is 0 Å². The van der Waals surface area contributed by atoms with Gasteiger partial charge in [0.1, 0.15) is 0 Å². The fourth-order valence-corrected chi connectivity index (χ4v) is 1.19. The van der Waals surface area contributed by atoms with E-state index in [1.807, 2.05) is 27.7 Å². The Hall–Kier alpha value is -0.315. The molecule has 0 amide bonds. The highest BCUT2D eigenvalue weighted by molar-refractivity contribution is 6.54. The van der Waals surface area contributed by atoms with Crippen LogP contribution in [0.3, 0.4) is 0 Å². The standard InChI is InChI=1S/C10H19BO3/c1-7(8(2)12)11-13-9(3,4)10(5,6)14-11/h8,12H,1H2,2-6H3/t8-/m0/s1. The van der Waals surface area contributed by atoms with Gasteiger partial charge in [-0.05, 0) is 40.1 Å². The molecule has 14 heavy (non-hydrogen) atoms. The van der Waals surface area contributed by atoms with Crippen LogP contribution in [0.15, 0.2) is 12.1 Å². The number of hydrogen-bond acceptors (Lipinski definition) is 3. The molecule has 0 aromatic carbocycles. The molecule has 0 aromatic heterocycles. The Balaban J connectivity index is 2.78. The molecule has 1 aliphatic rings. The van der Waals surface area contributed by atoms with Crippen LogP contribution in [0, 0.1) is 0 Å². The molecule has 0 spiro atoms. The van der Waals surface area contributed by atoms with E-state index in [9.17, 15) is 5.11 Å². The average Bonchev–Trinajstić information content (AvgIpc) is 2.20. The van der Waals surface area contributed by atoms with Crippen LogP contribution in [0.5, 0.6) is 0 Å². The second-order valence-corrected chi connectivity index (χ2v) is 4.84. The summed E-state index contributed by atoms with van der Waals surface area (Å²) in [6, 6.07) is 0. The van der Waals surface area contributed by atoms with Crippen molar-refractivity contribution >= 4 is 7.12 Å². The highest BCUT2D eigenvalue weighted by Crippen LogP contribution is 2.38. The Morgan fingerprint density at radius 3 is 1.86 bits per heavy atom. The zero-order valence-electron chi connectivity index (χ0n) is 9.63. The molecule has 1 heterocycles. The van der Waals surface area contributed by atoms with E-state index in [1.165, 1.54) is 0 Å². The lowest BCUT2D eigenvalue weighted by molar-refractivity contribution is 0.00578. The zero-order valence-corrected chi connectivity index (χ0v) is 9.63. The van der Waals surface area contributed by atoms with E-state index in [0.29, 0.717) is 5.47 Å². The van der Waals surface area contributed by atoms with E-state index in [4.69, 9.17) is 9.31 Å². The summed E-state index contributed by atoms with van der Waals surface area (Å²) in [5, 5.41) is 9.36. The quantitative estimate of drug-likeness (QED) is 0.684. The lowest BCUT2D eigenvalue weighted by Gasteiger charge is -2.32. The van der Waals surface area contributed by atoms with Crippen LogP contribution in [0.4, 0.5) is 0 Å². The molecule has 3 nitrogen and oxygen atoms in total. The summed E-state index contributed by atoms with van der Waals surface area (Å²) >= 11 is 0. The predicted molar refractivity (Wildman–Crippen MR) is 56.9 cm³/mol. The summed E-state index contributed by atoms with van der Waals surface area (Å²) in [6.07, 6.45) is -0.607. The first-order valence-electron chi connectivity index (χ1n) is 4.90. The van der Waals surface area contributed by atoms with E-state index in [2.05, 4.69) is 6.58 Å². The molecule has 1 aliphatic heterocycles. The maximum absolute atomic E-state index is 9.36. The first-order chi connectivity index (χ1) is 6.17. The van der Waals surface area contributed by atoms with Gasteiger partial charge in [-0.1, -0.05) is 0 Å². The van der Waals surface area contributed by atoms with Crippen molar-refractivity contribution in [2.24, 2.45) is 0 Å². The van der Waals surface area contributed by atoms with E-state index in [0.717, 1.165) is 0 Å². The Bertz CT molecular complexity index is 230. The minimum absolute atomic E-state index is 0.366. The maximum atomic E-state index is 9.36. The van der Waals surface area contributed by atoms with Crippen LogP contribution >= 0.6 is 0 Å². The highest BCUT2D eigenvalue weighted by atomic mass is 16.7. The van der Waals surface area contributed by atoms with Crippen LogP contribution in [0.25, 0.3) is 0 Å². The molecule has 4 heteroatoms. The van der Waals surface area contributed by atoms with Crippen molar-refractivity contribution in [3.05, 3.63) is 12.1 Å². The van der Waals surface area contributed by atoms with Gasteiger partial charge in [-0.3, -0.25) is 0 Å². The monoisotopic (exact) mass is 198 g/mol. The highest BCUT2D eigenvalue weighted by Gasteiger charge is 2.52. The average molecular weight is 198 g/mol. The van der Waals surface area contributed by atoms with Crippen LogP contribution in [0.1, 0.15) is 34.6 Å². The number of hydrogen-bond donors (Lipinski definition) is 1. The second-order valence-electron chi connectivity index (χ2n) is 4.84. The summed E-state index contributed by atoms with van der Waals surface area (Å²) in [7, 11) is -0.500. The van der Waals surface area contributed by atoms with Gasteiger partial charge in [0.15, 0.2) is 0 Å². The fraction of sp³-hybridized carbons (Fsp3) is 0.800. The Morgan fingerprint density at radius 1 is 1.21 bits per heavy atom. The number of rotatable bonds is 2. The van der Waals surface area contributed by atoms with Crippen LogP contribution in [-0.4, -0.2) is 29.5 Å². The largest absolute Gasteiger partial charge is 0.492 e. The van der Waals surface area contributed by atoms with Crippen molar-refractivity contribution in [1.82, 2.24) is 0 Å². The zero-order chi connectivity index (χ0) is 11.1. The minimum atomic E-state index is -0.607. The summed E-state index contributed by atoms with van der Waals surface area (Å²) in [5.74, 6) is 0. The van der Waals surface area contributed by atoms with Gasteiger partial charge in [-0.2, -0.15) is 0 Å². The van der Waals surface area contributed by atoms with Crippen molar-refractivity contribution in [3.63, 3.8) is 0 Å². The lowest BCUT2D eigenvalue weighted by atomic mass is 9.76. The smallest absolute Gasteiger partial charge is 0.400 e. The third kappa shape index (κ3) is 1.87. The SMILES string of the molecule is C=C(B1OC(C)(C)C(C)(C)O1)[C@H](C)O. The van der Waals surface area contributed by atoms with Crippen molar-refractivity contribution in [1.29, 1.82) is 0 Å². The summed E-state index contributed by atoms with van der Waals surface area (Å²) in [4.78, 5) is 0. The first kappa shape index (κ1) is 11.8. The Kier molecular flexibility index (Phi) is 2.83. The molecule has 1 saturated heterocycles. The van der Waals surface area contributed by atoms with Crippen LogP contribution < -0.4 is 0 Å². The van der Waals surface area contributed by atoms with Crippen LogP contribution in [-0.2, 0) is 9.31 Å². The summed E-state index contributed by atoms with van der Waals surface area (Å²) in [6.45, 7) is 13.3. The molecule has 0 saturated carbocycles. The van der Waals surface area contributed by atoms with Gasteiger partial charge in [0.2, 0.25) is 0 Å². The molecular formula is C10H19BO3. The maximum Gasteiger partial charge on any atom is 0.492 e. The molecule has 1 rings (SSSR count). The van der Waals surface area contributed by atoms with Gasteiger partial charge in [-0.15, -0.1) is 6.58 Å². The van der Waals surface area contributed by atoms with Crippen molar-refractivity contribution < 1.29 is 14.4 Å². The van der Waals surface area contributed by atoms with Gasteiger partial charge in [0.05, 0.1) is 17.3 Å². The molecule has 0 aromatic rings. The number of aliphatic hydroxyl groups excluding tert-OH is 1. The van der Waals surface area contributed by atoms with Crippen molar-refractivity contribution in [2.75, 3.05) is 0 Å². The Morgan fingerprint density at radius 2 is 1.57 bits per heavy atom. The van der Waals surface area contributed by atoms with E-state index in [-0.39, 0.29) is 11.2 Å². The van der Waals surface area contributed by atoms with Gasteiger partial charge in [-0.25, -0.2) is 0 Å². The molecule has 0 aliphatic carbocycles. The summed E-state index contributed by atoms with van der Waals surface area (Å²) < 4.78 is 11.4.